The van der Waals surface area contributed by atoms with Crippen LogP contribution in [0.25, 0.3) is 0 Å². The number of carbonyl (C=O) groups is 1. The molecule has 1 amide bonds. The van der Waals surface area contributed by atoms with Gasteiger partial charge in [-0.1, -0.05) is 0 Å². The number of amides is 1. The molecule has 2 unspecified atom stereocenters. The van der Waals surface area contributed by atoms with Gasteiger partial charge in [0, 0.05) is 17.7 Å². The third-order valence-electron chi connectivity index (χ3n) is 2.92. The zero-order valence-electron chi connectivity index (χ0n) is 11.5. The molecular formula is C14H20N2O3. The fourth-order valence-corrected chi connectivity index (χ4v) is 1.95. The van der Waals surface area contributed by atoms with Gasteiger partial charge in [-0.2, -0.15) is 0 Å². The Hall–Kier alpha value is -1.75. The number of nitrogens with one attached hydrogen (secondary N) is 1. The number of ether oxygens (including phenoxy) is 2. The van der Waals surface area contributed by atoms with E-state index >= 15 is 0 Å². The number of rotatable bonds is 4. The van der Waals surface area contributed by atoms with Crippen molar-refractivity contribution in [2.24, 2.45) is 5.73 Å². The minimum atomic E-state index is -0.546. The first-order valence-electron chi connectivity index (χ1n) is 6.46. The molecule has 0 radical (unpaired) electrons. The van der Waals surface area contributed by atoms with E-state index in [-0.39, 0.29) is 18.0 Å². The Morgan fingerprint density at radius 1 is 1.47 bits per heavy atom. The fourth-order valence-electron chi connectivity index (χ4n) is 1.95. The summed E-state index contributed by atoms with van der Waals surface area (Å²) in [4.78, 5) is 11.8. The van der Waals surface area contributed by atoms with Crippen molar-refractivity contribution < 1.29 is 14.3 Å². The molecule has 0 aromatic heterocycles. The molecule has 1 aromatic rings. The molecule has 0 saturated carbocycles. The molecule has 19 heavy (non-hydrogen) atoms. The van der Waals surface area contributed by atoms with Gasteiger partial charge in [0.15, 0.2) is 6.10 Å². The van der Waals surface area contributed by atoms with Crippen molar-refractivity contribution in [2.75, 3.05) is 6.61 Å². The van der Waals surface area contributed by atoms with E-state index in [1.54, 1.807) is 13.0 Å². The minimum Gasteiger partial charge on any atom is -0.491 e. The highest BCUT2D eigenvalue weighted by molar-refractivity contribution is 5.80. The summed E-state index contributed by atoms with van der Waals surface area (Å²) >= 11 is 0. The number of nitrogens with two attached hydrogens (primary N) is 1. The van der Waals surface area contributed by atoms with Gasteiger partial charge in [0.2, 0.25) is 0 Å². The quantitative estimate of drug-likeness (QED) is 0.861. The van der Waals surface area contributed by atoms with Crippen LogP contribution in [-0.2, 0) is 4.79 Å². The molecule has 0 saturated heterocycles. The van der Waals surface area contributed by atoms with Crippen LogP contribution in [0.2, 0.25) is 0 Å². The summed E-state index contributed by atoms with van der Waals surface area (Å²) < 4.78 is 11.1. The second kappa shape index (κ2) is 5.48. The summed E-state index contributed by atoms with van der Waals surface area (Å²) in [6.45, 7) is 6.03. The van der Waals surface area contributed by atoms with Crippen molar-refractivity contribution in [1.29, 1.82) is 0 Å². The number of carbonyl (C=O) groups excluding carboxylic acids is 1. The monoisotopic (exact) mass is 264 g/mol. The molecule has 0 spiro atoms. The molecule has 2 rings (SSSR count). The molecule has 1 heterocycles. The number of hydrogen-bond donors (Lipinski definition) is 2. The van der Waals surface area contributed by atoms with Gasteiger partial charge in [-0.15, -0.1) is 0 Å². The summed E-state index contributed by atoms with van der Waals surface area (Å²) in [5.74, 6) is 1.22. The van der Waals surface area contributed by atoms with Gasteiger partial charge in [0.1, 0.15) is 18.1 Å². The average molecular weight is 264 g/mol. The van der Waals surface area contributed by atoms with Crippen LogP contribution in [0.5, 0.6) is 11.5 Å². The second-order valence-corrected chi connectivity index (χ2v) is 5.04. The molecule has 3 N–H and O–H groups in total. The molecular weight excluding hydrogens is 244 g/mol. The third kappa shape index (κ3) is 3.17. The van der Waals surface area contributed by atoms with E-state index in [0.717, 1.165) is 11.3 Å². The van der Waals surface area contributed by atoms with Crippen LogP contribution in [0.3, 0.4) is 0 Å². The maximum atomic E-state index is 11.8. The van der Waals surface area contributed by atoms with E-state index in [2.05, 4.69) is 5.32 Å². The fraction of sp³-hybridized carbons (Fsp3) is 0.500. The Kier molecular flexibility index (Phi) is 3.95. The lowest BCUT2D eigenvalue weighted by Crippen LogP contribution is -2.40. The van der Waals surface area contributed by atoms with Gasteiger partial charge in [0.05, 0.1) is 6.04 Å². The molecule has 5 heteroatoms. The van der Waals surface area contributed by atoms with Gasteiger partial charge in [-0.25, -0.2) is 0 Å². The lowest BCUT2D eigenvalue weighted by atomic mass is 10.1. The Morgan fingerprint density at radius 2 is 2.21 bits per heavy atom. The van der Waals surface area contributed by atoms with Gasteiger partial charge in [-0.3, -0.25) is 4.79 Å². The van der Waals surface area contributed by atoms with Crippen molar-refractivity contribution in [1.82, 2.24) is 5.32 Å². The molecule has 5 nitrogen and oxygen atoms in total. The molecule has 1 aliphatic rings. The SMILES string of the molecule is CC(C)NC(=O)C(C)Oc1ccc2c(c1)OCC2N. The highest BCUT2D eigenvalue weighted by Crippen LogP contribution is 2.34. The number of fused-ring (bicyclic) bond motifs is 1. The van der Waals surface area contributed by atoms with Gasteiger partial charge >= 0.3 is 0 Å². The topological polar surface area (TPSA) is 73.6 Å². The zero-order chi connectivity index (χ0) is 14.0. The normalized spacial score (nSPS) is 18.7. The van der Waals surface area contributed by atoms with Crippen LogP contribution in [0.1, 0.15) is 32.4 Å². The number of hydrogen-bond acceptors (Lipinski definition) is 4. The second-order valence-electron chi connectivity index (χ2n) is 5.04. The predicted octanol–water partition coefficient (Wildman–Crippen LogP) is 1.37. The lowest BCUT2D eigenvalue weighted by molar-refractivity contribution is -0.127. The predicted molar refractivity (Wildman–Crippen MR) is 72.2 cm³/mol. The summed E-state index contributed by atoms with van der Waals surface area (Å²) in [6.07, 6.45) is -0.546. The van der Waals surface area contributed by atoms with E-state index in [1.165, 1.54) is 0 Å². The lowest BCUT2D eigenvalue weighted by Gasteiger charge is -2.16. The van der Waals surface area contributed by atoms with Crippen LogP contribution in [0.15, 0.2) is 18.2 Å². The molecule has 1 aromatic carbocycles. The largest absolute Gasteiger partial charge is 0.491 e. The van der Waals surface area contributed by atoms with Crippen molar-refractivity contribution in [3.63, 3.8) is 0 Å². The molecule has 0 bridgehead atoms. The van der Waals surface area contributed by atoms with Crippen molar-refractivity contribution in [2.45, 2.75) is 39.0 Å². The van der Waals surface area contributed by atoms with Crippen molar-refractivity contribution in [3.05, 3.63) is 23.8 Å². The first-order valence-corrected chi connectivity index (χ1v) is 6.46. The minimum absolute atomic E-state index is 0.0780. The molecule has 1 aliphatic heterocycles. The first-order chi connectivity index (χ1) is 8.97. The summed E-state index contributed by atoms with van der Waals surface area (Å²) in [5.41, 5.74) is 6.85. The van der Waals surface area contributed by atoms with Crippen LogP contribution < -0.4 is 20.5 Å². The molecule has 104 valence electrons. The summed E-state index contributed by atoms with van der Waals surface area (Å²) in [5, 5.41) is 2.81. The van der Waals surface area contributed by atoms with Gasteiger partial charge in [0.25, 0.3) is 5.91 Å². The Balaban J connectivity index is 2.02. The maximum absolute atomic E-state index is 11.8. The third-order valence-corrected chi connectivity index (χ3v) is 2.92. The Bertz CT molecular complexity index is 474. The zero-order valence-corrected chi connectivity index (χ0v) is 11.5. The molecule has 0 fully saturated rings. The highest BCUT2D eigenvalue weighted by atomic mass is 16.5. The van der Waals surface area contributed by atoms with E-state index in [1.807, 2.05) is 26.0 Å². The van der Waals surface area contributed by atoms with Crippen LogP contribution in [0, 0.1) is 0 Å². The van der Waals surface area contributed by atoms with Crippen molar-refractivity contribution in [3.8, 4) is 11.5 Å². The number of benzene rings is 1. The summed E-state index contributed by atoms with van der Waals surface area (Å²) in [6, 6.07) is 5.49. The highest BCUT2D eigenvalue weighted by Gasteiger charge is 2.22. The van der Waals surface area contributed by atoms with Crippen LogP contribution >= 0.6 is 0 Å². The Morgan fingerprint density at radius 3 is 2.89 bits per heavy atom. The summed E-state index contributed by atoms with van der Waals surface area (Å²) in [7, 11) is 0. The molecule has 2 atom stereocenters. The molecule has 0 aliphatic carbocycles. The average Bonchev–Trinajstić information content (AvgIpc) is 2.70. The van der Waals surface area contributed by atoms with Crippen molar-refractivity contribution >= 4 is 5.91 Å². The van der Waals surface area contributed by atoms with Crippen LogP contribution in [0.4, 0.5) is 0 Å². The van der Waals surface area contributed by atoms with E-state index in [4.69, 9.17) is 15.2 Å². The maximum Gasteiger partial charge on any atom is 0.260 e. The van der Waals surface area contributed by atoms with E-state index < -0.39 is 6.10 Å². The van der Waals surface area contributed by atoms with E-state index in [9.17, 15) is 4.79 Å². The first kappa shape index (κ1) is 13.7. The smallest absolute Gasteiger partial charge is 0.260 e. The van der Waals surface area contributed by atoms with Gasteiger partial charge in [-0.05, 0) is 32.9 Å². The van der Waals surface area contributed by atoms with E-state index in [0.29, 0.717) is 12.4 Å². The van der Waals surface area contributed by atoms with Crippen LogP contribution in [-0.4, -0.2) is 24.7 Å². The Labute approximate surface area is 113 Å². The van der Waals surface area contributed by atoms with Gasteiger partial charge < -0.3 is 20.5 Å². The standard InChI is InChI=1S/C14H20N2O3/c1-8(2)16-14(17)9(3)19-10-4-5-11-12(15)7-18-13(11)6-10/h4-6,8-9,12H,7,15H2,1-3H3,(H,16,17).